The summed E-state index contributed by atoms with van der Waals surface area (Å²) in [7, 11) is 0. The number of hydrogen-bond acceptors (Lipinski definition) is 5. The van der Waals surface area contributed by atoms with Crippen LogP contribution in [0.5, 0.6) is 11.5 Å². The van der Waals surface area contributed by atoms with Crippen LogP contribution in [-0.2, 0) is 0 Å². The van der Waals surface area contributed by atoms with Gasteiger partial charge in [-0.15, -0.1) is 0 Å². The Labute approximate surface area is 154 Å². The molecule has 3 rings (SSSR count). The molecule has 0 spiro atoms. The van der Waals surface area contributed by atoms with Gasteiger partial charge in [-0.05, 0) is 36.8 Å². The van der Waals surface area contributed by atoms with Crippen molar-refractivity contribution < 1.29 is 4.74 Å². The summed E-state index contributed by atoms with van der Waals surface area (Å²) in [5.74, 6) is 2.90. The quantitative estimate of drug-likeness (QED) is 0.492. The minimum atomic E-state index is 0.632. The molecule has 1 aromatic heterocycles. The molecular formula is C21H24N4O. The first-order valence-electron chi connectivity index (χ1n) is 9.01. The van der Waals surface area contributed by atoms with Crippen LogP contribution in [0.15, 0.2) is 66.9 Å². The fraction of sp³-hybridized carbons (Fsp3) is 0.238. The highest BCUT2D eigenvalue weighted by molar-refractivity contribution is 5.65. The summed E-state index contributed by atoms with van der Waals surface area (Å²) in [6.45, 7) is 3.07. The van der Waals surface area contributed by atoms with Crippen LogP contribution in [0.4, 0.5) is 17.5 Å². The zero-order valence-electron chi connectivity index (χ0n) is 15.0. The second-order valence-electron chi connectivity index (χ2n) is 5.94. The predicted molar refractivity (Wildman–Crippen MR) is 106 cm³/mol. The zero-order chi connectivity index (χ0) is 18.0. The number of hydrogen-bond donors (Lipinski definition) is 2. The number of unbranched alkanes of at least 4 members (excludes halogenated alkanes) is 2. The van der Waals surface area contributed by atoms with Gasteiger partial charge in [0.1, 0.15) is 11.6 Å². The van der Waals surface area contributed by atoms with E-state index < -0.39 is 0 Å². The minimum absolute atomic E-state index is 0.632. The molecule has 5 nitrogen and oxygen atoms in total. The normalized spacial score (nSPS) is 10.3. The lowest BCUT2D eigenvalue weighted by Gasteiger charge is -2.13. The van der Waals surface area contributed by atoms with E-state index >= 15 is 0 Å². The maximum Gasteiger partial charge on any atom is 0.224 e. The van der Waals surface area contributed by atoms with E-state index in [-0.39, 0.29) is 0 Å². The Morgan fingerprint density at radius 1 is 0.923 bits per heavy atom. The summed E-state index contributed by atoms with van der Waals surface area (Å²) in [6, 6.07) is 19.4. The molecular weight excluding hydrogens is 324 g/mol. The molecule has 0 aliphatic carbocycles. The van der Waals surface area contributed by atoms with Crippen molar-refractivity contribution in [3.8, 4) is 11.5 Å². The lowest BCUT2D eigenvalue weighted by Crippen LogP contribution is -2.06. The van der Waals surface area contributed by atoms with Crippen molar-refractivity contribution in [2.75, 3.05) is 17.2 Å². The standard InChI is InChI=1S/C21H24N4O/c1-2-3-9-15-22-21-23-16-14-20(25-21)24-18-12-7-8-13-19(18)26-17-10-5-4-6-11-17/h4-8,10-14,16H,2-3,9,15H2,1H3,(H2,22,23,24,25). The average Bonchev–Trinajstić information content (AvgIpc) is 2.68. The molecule has 0 aliphatic heterocycles. The number of benzene rings is 2. The van der Waals surface area contributed by atoms with Gasteiger partial charge in [-0.1, -0.05) is 50.1 Å². The summed E-state index contributed by atoms with van der Waals surface area (Å²) in [4.78, 5) is 8.80. The van der Waals surface area contributed by atoms with Crippen LogP contribution < -0.4 is 15.4 Å². The molecule has 5 heteroatoms. The van der Waals surface area contributed by atoms with Crippen LogP contribution in [0.3, 0.4) is 0 Å². The van der Waals surface area contributed by atoms with E-state index in [1.54, 1.807) is 6.20 Å². The second kappa shape index (κ2) is 9.42. The van der Waals surface area contributed by atoms with Gasteiger partial charge < -0.3 is 15.4 Å². The predicted octanol–water partition coefficient (Wildman–Crippen LogP) is 5.61. The van der Waals surface area contributed by atoms with Crippen LogP contribution in [0, 0.1) is 0 Å². The highest BCUT2D eigenvalue weighted by Crippen LogP contribution is 2.31. The Kier molecular flexibility index (Phi) is 6.42. The molecule has 0 bridgehead atoms. The molecule has 3 aromatic rings. The van der Waals surface area contributed by atoms with Gasteiger partial charge in [-0.25, -0.2) is 4.98 Å². The molecule has 2 N–H and O–H groups in total. The van der Waals surface area contributed by atoms with E-state index in [0.717, 1.165) is 36.0 Å². The van der Waals surface area contributed by atoms with Gasteiger partial charge in [0.05, 0.1) is 5.69 Å². The number of aromatic nitrogens is 2. The molecule has 2 aromatic carbocycles. The van der Waals surface area contributed by atoms with Gasteiger partial charge in [0.25, 0.3) is 0 Å². The molecule has 0 aliphatic rings. The summed E-state index contributed by atoms with van der Waals surface area (Å²) in [6.07, 6.45) is 5.26. The van der Waals surface area contributed by atoms with Crippen molar-refractivity contribution in [2.24, 2.45) is 0 Å². The first kappa shape index (κ1) is 17.7. The van der Waals surface area contributed by atoms with Gasteiger partial charge >= 0.3 is 0 Å². The first-order chi connectivity index (χ1) is 12.8. The topological polar surface area (TPSA) is 59.1 Å². The maximum atomic E-state index is 5.98. The number of ether oxygens (including phenoxy) is 1. The Hall–Kier alpha value is -3.08. The number of rotatable bonds is 9. The Balaban J connectivity index is 1.69. The minimum Gasteiger partial charge on any atom is -0.455 e. The fourth-order valence-electron chi connectivity index (χ4n) is 2.50. The van der Waals surface area contributed by atoms with Crippen molar-refractivity contribution in [3.63, 3.8) is 0 Å². The van der Waals surface area contributed by atoms with Crippen molar-refractivity contribution >= 4 is 17.5 Å². The monoisotopic (exact) mass is 348 g/mol. The summed E-state index contributed by atoms with van der Waals surface area (Å²) in [5, 5.41) is 6.59. The van der Waals surface area contributed by atoms with Crippen LogP contribution >= 0.6 is 0 Å². The lowest BCUT2D eigenvalue weighted by molar-refractivity contribution is 0.485. The molecule has 0 amide bonds. The van der Waals surface area contributed by atoms with Crippen LogP contribution in [0.1, 0.15) is 26.2 Å². The van der Waals surface area contributed by atoms with Crippen LogP contribution in [0.2, 0.25) is 0 Å². The number of nitrogens with one attached hydrogen (secondary N) is 2. The Morgan fingerprint density at radius 2 is 1.73 bits per heavy atom. The van der Waals surface area contributed by atoms with E-state index in [2.05, 4.69) is 27.5 Å². The first-order valence-corrected chi connectivity index (χ1v) is 9.01. The van der Waals surface area contributed by atoms with E-state index in [0.29, 0.717) is 5.95 Å². The van der Waals surface area contributed by atoms with E-state index in [9.17, 15) is 0 Å². The Morgan fingerprint density at radius 3 is 2.58 bits per heavy atom. The van der Waals surface area contributed by atoms with E-state index in [1.165, 1.54) is 12.8 Å². The molecule has 0 radical (unpaired) electrons. The van der Waals surface area contributed by atoms with Gasteiger partial charge in [0.15, 0.2) is 5.75 Å². The SMILES string of the molecule is CCCCCNc1nccc(Nc2ccccc2Oc2ccccc2)n1. The smallest absolute Gasteiger partial charge is 0.224 e. The van der Waals surface area contributed by atoms with Crippen molar-refractivity contribution in [1.29, 1.82) is 0 Å². The summed E-state index contributed by atoms with van der Waals surface area (Å²) < 4.78 is 5.98. The number of nitrogens with zero attached hydrogens (tertiary/aromatic N) is 2. The van der Waals surface area contributed by atoms with Gasteiger partial charge in [-0.2, -0.15) is 4.98 Å². The van der Waals surface area contributed by atoms with Crippen molar-refractivity contribution in [2.45, 2.75) is 26.2 Å². The Bertz CT molecular complexity index is 808. The second-order valence-corrected chi connectivity index (χ2v) is 5.94. The maximum absolute atomic E-state index is 5.98. The molecule has 26 heavy (non-hydrogen) atoms. The number of para-hydroxylation sites is 3. The third-order valence-corrected chi connectivity index (χ3v) is 3.84. The zero-order valence-corrected chi connectivity index (χ0v) is 15.0. The summed E-state index contributed by atoms with van der Waals surface area (Å²) >= 11 is 0. The largest absolute Gasteiger partial charge is 0.455 e. The van der Waals surface area contributed by atoms with Gasteiger partial charge in [0, 0.05) is 12.7 Å². The molecule has 0 fully saturated rings. The van der Waals surface area contributed by atoms with Gasteiger partial charge in [0.2, 0.25) is 5.95 Å². The average molecular weight is 348 g/mol. The lowest BCUT2D eigenvalue weighted by atomic mass is 10.2. The van der Waals surface area contributed by atoms with Gasteiger partial charge in [-0.3, -0.25) is 0 Å². The number of anilines is 3. The summed E-state index contributed by atoms with van der Waals surface area (Å²) in [5.41, 5.74) is 0.854. The molecule has 134 valence electrons. The van der Waals surface area contributed by atoms with Crippen LogP contribution in [0.25, 0.3) is 0 Å². The molecule has 0 atom stereocenters. The third-order valence-electron chi connectivity index (χ3n) is 3.84. The van der Waals surface area contributed by atoms with Crippen molar-refractivity contribution in [1.82, 2.24) is 9.97 Å². The van der Waals surface area contributed by atoms with Crippen molar-refractivity contribution in [3.05, 3.63) is 66.9 Å². The van der Waals surface area contributed by atoms with Crippen LogP contribution in [-0.4, -0.2) is 16.5 Å². The molecule has 0 unspecified atom stereocenters. The fourth-order valence-corrected chi connectivity index (χ4v) is 2.50. The van der Waals surface area contributed by atoms with E-state index in [4.69, 9.17) is 4.74 Å². The third kappa shape index (κ3) is 5.21. The highest BCUT2D eigenvalue weighted by atomic mass is 16.5. The highest BCUT2D eigenvalue weighted by Gasteiger charge is 2.06. The van der Waals surface area contributed by atoms with E-state index in [1.807, 2.05) is 60.7 Å². The molecule has 1 heterocycles. The molecule has 0 saturated heterocycles. The molecule has 0 saturated carbocycles.